The van der Waals surface area contributed by atoms with Gasteiger partial charge in [-0.05, 0) is 98.8 Å². The first-order chi connectivity index (χ1) is 18.3. The number of carbonyl (C=O) groups excluding carboxylic acids is 2. The Bertz CT molecular complexity index is 1570. The SMILES string of the molecule is CC1Cc2cc(N3CC[C@H](NS(=O)(=O)c4ccc5cc(Cl)ccc5c4)C3=O)ccc2CN1C(=O)OC(C)(C)C. The molecule has 0 spiro atoms. The van der Waals surface area contributed by atoms with Crippen LogP contribution in [0.2, 0.25) is 5.02 Å². The highest BCUT2D eigenvalue weighted by Crippen LogP contribution is 2.31. The molecule has 3 aromatic carbocycles. The van der Waals surface area contributed by atoms with E-state index in [-0.39, 0.29) is 22.9 Å². The number of hydrogen-bond acceptors (Lipinski definition) is 5. The number of nitrogens with zero attached hydrogens (tertiary/aromatic N) is 2. The van der Waals surface area contributed by atoms with Gasteiger partial charge in [0.1, 0.15) is 11.6 Å². The lowest BCUT2D eigenvalue weighted by atomic mass is 9.94. The molecule has 206 valence electrons. The predicted octanol–water partition coefficient (Wildman–Crippen LogP) is 5.26. The second-order valence-electron chi connectivity index (χ2n) is 11.2. The van der Waals surface area contributed by atoms with Crippen molar-refractivity contribution >= 4 is 50.1 Å². The highest BCUT2D eigenvalue weighted by atomic mass is 35.5. The van der Waals surface area contributed by atoms with Crippen molar-refractivity contribution in [2.75, 3.05) is 11.4 Å². The quantitative estimate of drug-likeness (QED) is 0.462. The summed E-state index contributed by atoms with van der Waals surface area (Å²) in [5.74, 6) is -0.287. The molecular weight excluding hydrogens is 538 g/mol. The molecule has 8 nitrogen and oxygen atoms in total. The van der Waals surface area contributed by atoms with E-state index in [1.807, 2.05) is 45.9 Å². The molecule has 10 heteroatoms. The molecule has 2 aliphatic rings. The first-order valence-electron chi connectivity index (χ1n) is 13.0. The lowest BCUT2D eigenvalue weighted by Gasteiger charge is -2.36. The Morgan fingerprint density at radius 3 is 2.49 bits per heavy atom. The summed E-state index contributed by atoms with van der Waals surface area (Å²) in [5, 5.41) is 2.15. The van der Waals surface area contributed by atoms with Crippen molar-refractivity contribution in [2.24, 2.45) is 0 Å². The van der Waals surface area contributed by atoms with E-state index in [4.69, 9.17) is 16.3 Å². The number of ether oxygens (including phenoxy) is 1. The fraction of sp³-hybridized carbons (Fsp3) is 0.379. The van der Waals surface area contributed by atoms with Crippen molar-refractivity contribution in [2.45, 2.75) is 69.7 Å². The molecule has 3 aromatic rings. The predicted molar refractivity (Wildman–Crippen MR) is 151 cm³/mol. The van der Waals surface area contributed by atoms with Gasteiger partial charge in [0.25, 0.3) is 0 Å². The number of carbonyl (C=O) groups is 2. The molecule has 1 N–H and O–H groups in total. The number of hydrogen-bond donors (Lipinski definition) is 1. The number of amides is 2. The third kappa shape index (κ3) is 5.76. The number of halogens is 1. The van der Waals surface area contributed by atoms with Crippen LogP contribution in [0.5, 0.6) is 0 Å². The van der Waals surface area contributed by atoms with Gasteiger partial charge in [-0.15, -0.1) is 0 Å². The van der Waals surface area contributed by atoms with Crippen LogP contribution in [0.25, 0.3) is 10.8 Å². The van der Waals surface area contributed by atoms with Crippen LogP contribution < -0.4 is 9.62 Å². The molecule has 1 fully saturated rings. The maximum Gasteiger partial charge on any atom is 0.410 e. The molecule has 5 rings (SSSR count). The molecule has 1 unspecified atom stereocenters. The largest absolute Gasteiger partial charge is 0.444 e. The zero-order valence-electron chi connectivity index (χ0n) is 22.4. The van der Waals surface area contributed by atoms with E-state index in [0.717, 1.165) is 27.6 Å². The molecular formula is C29H32ClN3O5S. The molecule has 39 heavy (non-hydrogen) atoms. The second kappa shape index (κ2) is 10.1. The lowest BCUT2D eigenvalue weighted by Crippen LogP contribution is -2.45. The van der Waals surface area contributed by atoms with Gasteiger partial charge < -0.3 is 14.5 Å². The van der Waals surface area contributed by atoms with Gasteiger partial charge in [0, 0.05) is 29.8 Å². The van der Waals surface area contributed by atoms with Gasteiger partial charge in [-0.25, -0.2) is 13.2 Å². The summed E-state index contributed by atoms with van der Waals surface area (Å²) in [6.45, 7) is 8.35. The minimum absolute atomic E-state index is 0.0607. The number of anilines is 1. The van der Waals surface area contributed by atoms with Crippen LogP contribution >= 0.6 is 11.6 Å². The minimum atomic E-state index is -3.91. The molecule has 2 amide bonds. The van der Waals surface area contributed by atoms with Crippen molar-refractivity contribution in [1.29, 1.82) is 0 Å². The Morgan fingerprint density at radius 1 is 1.03 bits per heavy atom. The molecule has 0 aromatic heterocycles. The zero-order chi connectivity index (χ0) is 28.1. The van der Waals surface area contributed by atoms with E-state index in [1.165, 1.54) is 6.07 Å². The van der Waals surface area contributed by atoms with Gasteiger partial charge in [0.2, 0.25) is 15.9 Å². The van der Waals surface area contributed by atoms with Crippen LogP contribution in [-0.4, -0.2) is 49.5 Å². The summed E-state index contributed by atoms with van der Waals surface area (Å²) in [6.07, 6.45) is 0.652. The maximum atomic E-state index is 13.3. The first-order valence-corrected chi connectivity index (χ1v) is 14.8. The van der Waals surface area contributed by atoms with Crippen molar-refractivity contribution < 1.29 is 22.7 Å². The molecule has 0 bridgehead atoms. The lowest BCUT2D eigenvalue weighted by molar-refractivity contribution is -0.118. The summed E-state index contributed by atoms with van der Waals surface area (Å²) in [4.78, 5) is 29.4. The first kappa shape index (κ1) is 27.4. The Labute approximate surface area is 233 Å². The fourth-order valence-electron chi connectivity index (χ4n) is 5.12. The summed E-state index contributed by atoms with van der Waals surface area (Å²) in [7, 11) is -3.91. The van der Waals surface area contributed by atoms with Gasteiger partial charge in [-0.2, -0.15) is 4.72 Å². The number of benzene rings is 3. The van der Waals surface area contributed by atoms with E-state index < -0.39 is 21.7 Å². The van der Waals surface area contributed by atoms with Crippen molar-refractivity contribution in [3.05, 3.63) is 70.7 Å². The fourth-order valence-corrected chi connectivity index (χ4v) is 6.56. The van der Waals surface area contributed by atoms with E-state index in [0.29, 0.717) is 31.0 Å². The second-order valence-corrected chi connectivity index (χ2v) is 13.4. The van der Waals surface area contributed by atoms with Crippen LogP contribution in [0.4, 0.5) is 10.5 Å². The molecule has 0 aliphatic carbocycles. The average molecular weight is 570 g/mol. The Kier molecular flexibility index (Phi) is 7.11. The number of fused-ring (bicyclic) bond motifs is 2. The third-order valence-corrected chi connectivity index (χ3v) is 8.81. The zero-order valence-corrected chi connectivity index (χ0v) is 24.0. The van der Waals surface area contributed by atoms with Crippen LogP contribution in [0.1, 0.15) is 45.2 Å². The smallest absolute Gasteiger partial charge is 0.410 e. The third-order valence-electron chi connectivity index (χ3n) is 7.10. The normalized spacial score (nSPS) is 19.9. The highest BCUT2D eigenvalue weighted by molar-refractivity contribution is 7.89. The average Bonchev–Trinajstić information content (AvgIpc) is 3.20. The van der Waals surface area contributed by atoms with Gasteiger partial charge in [-0.3, -0.25) is 4.79 Å². The van der Waals surface area contributed by atoms with Crippen LogP contribution in [0, 0.1) is 0 Å². The van der Waals surface area contributed by atoms with Crippen molar-refractivity contribution in [1.82, 2.24) is 9.62 Å². The Morgan fingerprint density at radius 2 is 1.74 bits per heavy atom. The summed E-state index contributed by atoms with van der Waals surface area (Å²) in [5.41, 5.74) is 2.22. The molecule has 2 aliphatic heterocycles. The number of rotatable bonds is 4. The van der Waals surface area contributed by atoms with Gasteiger partial charge in [-0.1, -0.05) is 29.8 Å². The molecule has 0 radical (unpaired) electrons. The minimum Gasteiger partial charge on any atom is -0.444 e. The Hall–Kier alpha value is -3.14. The molecule has 1 saturated heterocycles. The molecule has 2 heterocycles. The van der Waals surface area contributed by atoms with Crippen molar-refractivity contribution in [3.63, 3.8) is 0 Å². The molecule has 2 atom stereocenters. The highest BCUT2D eigenvalue weighted by Gasteiger charge is 2.37. The standard InChI is InChI=1S/C29H32ClN3O5S/c1-18-13-22-15-24(9-6-21(22)17-33(18)28(35)38-29(2,3)4)32-12-11-26(27(32)34)31-39(36,37)25-10-7-19-14-23(30)8-5-20(19)16-25/h5-10,14-16,18,26,31H,11-13,17H2,1-4H3/t18?,26-/m0/s1. The van der Waals surface area contributed by atoms with Crippen LogP contribution in [0.3, 0.4) is 0 Å². The topological polar surface area (TPSA) is 96.0 Å². The Balaban J connectivity index is 1.29. The van der Waals surface area contributed by atoms with E-state index in [1.54, 1.807) is 40.1 Å². The summed E-state index contributed by atoms with van der Waals surface area (Å²) in [6, 6.07) is 14.9. The van der Waals surface area contributed by atoms with Gasteiger partial charge in [0.05, 0.1) is 4.90 Å². The van der Waals surface area contributed by atoms with E-state index >= 15 is 0 Å². The maximum absolute atomic E-state index is 13.3. The van der Waals surface area contributed by atoms with Crippen LogP contribution in [-0.2, 0) is 32.5 Å². The van der Waals surface area contributed by atoms with Crippen molar-refractivity contribution in [3.8, 4) is 0 Å². The molecule has 0 saturated carbocycles. The monoisotopic (exact) mass is 569 g/mol. The van der Waals surface area contributed by atoms with Crippen LogP contribution in [0.15, 0.2) is 59.5 Å². The number of nitrogens with one attached hydrogen (secondary N) is 1. The van der Waals surface area contributed by atoms with Gasteiger partial charge in [0.15, 0.2) is 0 Å². The number of sulfonamides is 1. The van der Waals surface area contributed by atoms with E-state index in [2.05, 4.69) is 4.72 Å². The van der Waals surface area contributed by atoms with Gasteiger partial charge >= 0.3 is 6.09 Å². The summed E-state index contributed by atoms with van der Waals surface area (Å²) >= 11 is 6.03. The summed E-state index contributed by atoms with van der Waals surface area (Å²) < 4.78 is 34.4. The van der Waals surface area contributed by atoms with E-state index in [9.17, 15) is 18.0 Å².